The van der Waals surface area contributed by atoms with Crippen molar-refractivity contribution >= 4 is 27.8 Å². The number of carbonyl (C=O) groups excluding carboxylic acids is 1. The fraction of sp³-hybridized carbons (Fsp3) is 0.125. The van der Waals surface area contributed by atoms with Gasteiger partial charge in [0.1, 0.15) is 29.1 Å². The number of benzene rings is 2. The first-order valence-electron chi connectivity index (χ1n) is 6.70. The number of rotatable bonds is 5. The SMILES string of the molecule is O=C(N[C@H](Cc1cccc(Br)c1)C(=O)O)c1c(F)cc(F)cc1F. The van der Waals surface area contributed by atoms with E-state index in [1.807, 2.05) is 5.32 Å². The van der Waals surface area contributed by atoms with Crippen molar-refractivity contribution in [2.45, 2.75) is 12.5 Å². The fourth-order valence-corrected chi connectivity index (χ4v) is 2.54. The highest BCUT2D eigenvalue weighted by atomic mass is 79.9. The summed E-state index contributed by atoms with van der Waals surface area (Å²) in [4.78, 5) is 23.3. The summed E-state index contributed by atoms with van der Waals surface area (Å²) < 4.78 is 40.8. The molecule has 0 aliphatic carbocycles. The van der Waals surface area contributed by atoms with E-state index in [1.54, 1.807) is 24.3 Å². The van der Waals surface area contributed by atoms with Crippen LogP contribution in [0.15, 0.2) is 40.9 Å². The van der Waals surface area contributed by atoms with Crippen LogP contribution in [-0.4, -0.2) is 23.0 Å². The topological polar surface area (TPSA) is 66.4 Å². The van der Waals surface area contributed by atoms with Crippen LogP contribution in [0.2, 0.25) is 0 Å². The van der Waals surface area contributed by atoms with Gasteiger partial charge < -0.3 is 10.4 Å². The lowest BCUT2D eigenvalue weighted by Crippen LogP contribution is -2.43. The Balaban J connectivity index is 2.22. The van der Waals surface area contributed by atoms with Crippen molar-refractivity contribution in [1.82, 2.24) is 5.32 Å². The molecule has 4 nitrogen and oxygen atoms in total. The maximum absolute atomic E-state index is 13.6. The van der Waals surface area contributed by atoms with E-state index in [0.717, 1.165) is 0 Å². The normalized spacial score (nSPS) is 11.8. The fourth-order valence-electron chi connectivity index (χ4n) is 2.09. The Morgan fingerprint density at radius 3 is 2.29 bits per heavy atom. The summed E-state index contributed by atoms with van der Waals surface area (Å²) in [6.45, 7) is 0. The molecule has 2 aromatic rings. The smallest absolute Gasteiger partial charge is 0.326 e. The Hall–Kier alpha value is -2.35. The molecule has 0 unspecified atom stereocenters. The molecule has 0 heterocycles. The predicted octanol–water partition coefficient (Wildman–Crippen LogP) is 3.29. The lowest BCUT2D eigenvalue weighted by atomic mass is 10.1. The molecule has 0 fully saturated rings. The zero-order chi connectivity index (χ0) is 17.9. The molecule has 0 bridgehead atoms. The van der Waals surface area contributed by atoms with E-state index < -0.39 is 40.9 Å². The molecule has 0 aromatic heterocycles. The van der Waals surface area contributed by atoms with Gasteiger partial charge in [-0.15, -0.1) is 0 Å². The maximum atomic E-state index is 13.6. The zero-order valence-corrected chi connectivity index (χ0v) is 13.6. The monoisotopic (exact) mass is 401 g/mol. The number of carbonyl (C=O) groups is 2. The van der Waals surface area contributed by atoms with E-state index in [1.165, 1.54) is 0 Å². The Bertz CT molecular complexity index is 775. The van der Waals surface area contributed by atoms with Crippen molar-refractivity contribution in [3.05, 3.63) is 69.4 Å². The maximum Gasteiger partial charge on any atom is 0.326 e. The second-order valence-electron chi connectivity index (χ2n) is 4.94. The van der Waals surface area contributed by atoms with E-state index in [9.17, 15) is 27.9 Å². The summed E-state index contributed by atoms with van der Waals surface area (Å²) in [5, 5.41) is 11.3. The quantitative estimate of drug-likeness (QED) is 0.807. The summed E-state index contributed by atoms with van der Waals surface area (Å²) >= 11 is 3.23. The van der Waals surface area contributed by atoms with E-state index in [0.29, 0.717) is 22.2 Å². The number of nitrogens with one attached hydrogen (secondary N) is 1. The first-order valence-corrected chi connectivity index (χ1v) is 7.50. The molecule has 1 amide bonds. The molecule has 0 saturated carbocycles. The standard InChI is InChI=1S/C16H11BrF3NO3/c17-9-3-1-2-8(4-9)5-13(16(23)24)21-15(22)14-11(19)6-10(18)7-12(14)20/h1-4,6-7,13H,5H2,(H,21,22)(H,23,24)/t13-/m1/s1. The first-order chi connectivity index (χ1) is 11.3. The molecule has 1 atom stereocenters. The van der Waals surface area contributed by atoms with Crippen LogP contribution >= 0.6 is 15.9 Å². The molecule has 2 rings (SSSR count). The van der Waals surface area contributed by atoms with Gasteiger partial charge in [0.05, 0.1) is 0 Å². The van der Waals surface area contributed by atoms with Crippen molar-refractivity contribution in [2.75, 3.05) is 0 Å². The van der Waals surface area contributed by atoms with Gasteiger partial charge in [0.25, 0.3) is 5.91 Å². The van der Waals surface area contributed by atoms with Crippen molar-refractivity contribution < 1.29 is 27.9 Å². The Morgan fingerprint density at radius 1 is 1.12 bits per heavy atom. The van der Waals surface area contributed by atoms with Crippen molar-refractivity contribution in [3.63, 3.8) is 0 Å². The number of hydrogen-bond acceptors (Lipinski definition) is 2. The largest absolute Gasteiger partial charge is 0.480 e. The number of carboxylic acid groups (broad SMARTS) is 1. The lowest BCUT2D eigenvalue weighted by molar-refractivity contribution is -0.139. The molecule has 0 saturated heterocycles. The third-order valence-electron chi connectivity index (χ3n) is 3.17. The van der Waals surface area contributed by atoms with Gasteiger partial charge in [-0.25, -0.2) is 18.0 Å². The molecular formula is C16H11BrF3NO3. The van der Waals surface area contributed by atoms with Crippen LogP contribution in [0.4, 0.5) is 13.2 Å². The molecule has 24 heavy (non-hydrogen) atoms. The number of carboxylic acids is 1. The Morgan fingerprint density at radius 2 is 1.75 bits per heavy atom. The van der Waals surface area contributed by atoms with E-state index in [-0.39, 0.29) is 6.42 Å². The Kier molecular flexibility index (Phi) is 5.61. The average Bonchev–Trinajstić information content (AvgIpc) is 2.45. The minimum absolute atomic E-state index is 0.0923. The average molecular weight is 402 g/mol. The highest BCUT2D eigenvalue weighted by molar-refractivity contribution is 9.10. The molecule has 0 aliphatic heterocycles. The third-order valence-corrected chi connectivity index (χ3v) is 3.66. The highest BCUT2D eigenvalue weighted by Crippen LogP contribution is 2.16. The third kappa shape index (κ3) is 4.35. The second kappa shape index (κ2) is 7.48. The van der Waals surface area contributed by atoms with Gasteiger partial charge in [-0.1, -0.05) is 28.1 Å². The molecule has 126 valence electrons. The van der Waals surface area contributed by atoms with Crippen LogP contribution in [0.25, 0.3) is 0 Å². The van der Waals surface area contributed by atoms with Crippen molar-refractivity contribution in [2.24, 2.45) is 0 Å². The number of aliphatic carboxylic acids is 1. The van der Waals surface area contributed by atoms with Crippen LogP contribution < -0.4 is 5.32 Å². The molecule has 2 N–H and O–H groups in total. The van der Waals surface area contributed by atoms with Gasteiger partial charge >= 0.3 is 5.97 Å². The number of hydrogen-bond donors (Lipinski definition) is 2. The van der Waals surface area contributed by atoms with E-state index in [2.05, 4.69) is 15.9 Å². The van der Waals surface area contributed by atoms with E-state index >= 15 is 0 Å². The number of amides is 1. The molecule has 8 heteroatoms. The minimum Gasteiger partial charge on any atom is -0.480 e. The molecule has 0 spiro atoms. The van der Waals surface area contributed by atoms with Crippen molar-refractivity contribution in [3.8, 4) is 0 Å². The van der Waals surface area contributed by atoms with Crippen LogP contribution in [0.1, 0.15) is 15.9 Å². The summed E-state index contributed by atoms with van der Waals surface area (Å²) in [7, 11) is 0. The summed E-state index contributed by atoms with van der Waals surface area (Å²) in [5.41, 5.74) is -0.436. The van der Waals surface area contributed by atoms with Gasteiger partial charge in [-0.05, 0) is 17.7 Å². The highest BCUT2D eigenvalue weighted by Gasteiger charge is 2.25. The Labute approximate surface area is 143 Å². The number of halogens is 4. The molecule has 2 aromatic carbocycles. The summed E-state index contributed by atoms with van der Waals surface area (Å²) in [6, 6.07) is 6.01. The second-order valence-corrected chi connectivity index (χ2v) is 5.86. The van der Waals surface area contributed by atoms with Gasteiger partial charge in [0.15, 0.2) is 0 Å². The van der Waals surface area contributed by atoms with Crippen LogP contribution in [0.5, 0.6) is 0 Å². The van der Waals surface area contributed by atoms with Gasteiger partial charge in [0, 0.05) is 23.0 Å². The summed E-state index contributed by atoms with van der Waals surface area (Å²) in [5.74, 6) is -6.63. The lowest BCUT2D eigenvalue weighted by Gasteiger charge is -2.15. The molecule has 0 radical (unpaired) electrons. The van der Waals surface area contributed by atoms with Gasteiger partial charge in [0.2, 0.25) is 0 Å². The zero-order valence-electron chi connectivity index (χ0n) is 12.0. The van der Waals surface area contributed by atoms with Crippen LogP contribution in [0, 0.1) is 17.5 Å². The molecule has 0 aliphatic rings. The molecular weight excluding hydrogens is 391 g/mol. The minimum atomic E-state index is -1.41. The van der Waals surface area contributed by atoms with Crippen LogP contribution in [-0.2, 0) is 11.2 Å². The van der Waals surface area contributed by atoms with Crippen LogP contribution in [0.3, 0.4) is 0 Å². The van der Waals surface area contributed by atoms with Gasteiger partial charge in [-0.2, -0.15) is 0 Å². The van der Waals surface area contributed by atoms with E-state index in [4.69, 9.17) is 0 Å². The summed E-state index contributed by atoms with van der Waals surface area (Å²) in [6.07, 6.45) is -0.0923. The van der Waals surface area contributed by atoms with Gasteiger partial charge in [-0.3, -0.25) is 4.79 Å². The first kappa shape index (κ1) is 18.0. The predicted molar refractivity (Wildman–Crippen MR) is 83.1 cm³/mol. The van der Waals surface area contributed by atoms with Crippen molar-refractivity contribution in [1.29, 1.82) is 0 Å².